The lowest BCUT2D eigenvalue weighted by Crippen LogP contribution is -2.29. The van der Waals surface area contributed by atoms with Gasteiger partial charge in [-0.25, -0.2) is 28.9 Å². The summed E-state index contributed by atoms with van der Waals surface area (Å²) in [5, 5.41) is 4.76. The highest BCUT2D eigenvalue weighted by Crippen LogP contribution is 1.98. The lowest BCUT2D eigenvalue weighted by Gasteiger charge is -1.97. The summed E-state index contributed by atoms with van der Waals surface area (Å²) in [6.07, 6.45) is -0.341. The van der Waals surface area contributed by atoms with E-state index in [1.165, 1.54) is 0 Å². The minimum Gasteiger partial charge on any atom is -0.250 e. The first-order chi connectivity index (χ1) is 4.97. The monoisotopic (exact) mass is 179 g/mol. The first-order valence-electron chi connectivity index (χ1n) is 2.96. The van der Waals surface area contributed by atoms with Crippen molar-refractivity contribution in [3.8, 4) is 0 Å². The number of primary sulfonamides is 1. The number of nitrogens with two attached hydrogens (primary N) is 1. The quantitative estimate of drug-likeness (QED) is 0.542. The van der Waals surface area contributed by atoms with Gasteiger partial charge in [-0.05, 0) is 6.92 Å². The van der Waals surface area contributed by atoms with E-state index in [4.69, 9.17) is 9.98 Å². The van der Waals surface area contributed by atoms with Crippen molar-refractivity contribution in [3.63, 3.8) is 0 Å². The van der Waals surface area contributed by atoms with Crippen molar-refractivity contribution >= 4 is 15.9 Å². The topological polar surface area (TPSA) is 93.8 Å². The molecule has 1 aliphatic heterocycles. The zero-order valence-electron chi connectivity index (χ0n) is 5.94. The molecule has 1 heterocycles. The van der Waals surface area contributed by atoms with Crippen molar-refractivity contribution in [2.24, 2.45) is 10.1 Å². The molecular formula is C4H9N3O3S. The Morgan fingerprint density at radius 1 is 1.82 bits per heavy atom. The van der Waals surface area contributed by atoms with Gasteiger partial charge in [-0.2, -0.15) is 0 Å². The first-order valence-corrected chi connectivity index (χ1v) is 4.68. The number of rotatable bonds is 2. The predicted molar refractivity (Wildman–Crippen MR) is 39.1 cm³/mol. The van der Waals surface area contributed by atoms with Crippen molar-refractivity contribution in [1.82, 2.24) is 5.48 Å². The molecule has 3 N–H and O–H groups in total. The van der Waals surface area contributed by atoms with Crippen LogP contribution in [0.2, 0.25) is 0 Å². The van der Waals surface area contributed by atoms with E-state index in [1.54, 1.807) is 6.92 Å². The maximum atomic E-state index is 10.5. The molecule has 0 saturated carbocycles. The van der Waals surface area contributed by atoms with Crippen LogP contribution in [0.3, 0.4) is 0 Å². The van der Waals surface area contributed by atoms with Gasteiger partial charge in [0.2, 0.25) is 10.0 Å². The van der Waals surface area contributed by atoms with Crippen molar-refractivity contribution < 1.29 is 13.3 Å². The fourth-order valence-corrected chi connectivity index (χ4v) is 1.20. The molecule has 64 valence electrons. The number of nitrogens with zero attached hydrogens (tertiary/aromatic N) is 1. The van der Waals surface area contributed by atoms with E-state index >= 15 is 0 Å². The molecule has 0 amide bonds. The highest BCUT2D eigenvalue weighted by Gasteiger charge is 2.16. The van der Waals surface area contributed by atoms with E-state index in [0.717, 1.165) is 0 Å². The molecule has 1 rings (SSSR count). The second-order valence-electron chi connectivity index (χ2n) is 2.20. The Kier molecular flexibility index (Phi) is 2.12. The van der Waals surface area contributed by atoms with Crippen LogP contribution < -0.4 is 10.6 Å². The van der Waals surface area contributed by atoms with E-state index in [0.29, 0.717) is 0 Å². The maximum Gasteiger partial charge on any atom is 0.216 e. The summed E-state index contributed by atoms with van der Waals surface area (Å²) in [5.41, 5.74) is 2.35. The van der Waals surface area contributed by atoms with Crippen LogP contribution in [0.4, 0.5) is 0 Å². The number of amidine groups is 1. The summed E-state index contributed by atoms with van der Waals surface area (Å²) in [5.74, 6) is -0.0582. The SMILES string of the molecule is CC1N=C(CS(N)(=O)=O)NO1. The normalized spacial score (nSPS) is 24.5. The number of nitrogens with one attached hydrogen (secondary N) is 1. The number of hydroxylamine groups is 1. The van der Waals surface area contributed by atoms with Gasteiger partial charge in [-0.1, -0.05) is 0 Å². The third-order valence-electron chi connectivity index (χ3n) is 1.02. The van der Waals surface area contributed by atoms with E-state index in [9.17, 15) is 8.42 Å². The molecule has 11 heavy (non-hydrogen) atoms. The average molecular weight is 179 g/mol. The van der Waals surface area contributed by atoms with E-state index < -0.39 is 10.0 Å². The molecule has 0 aromatic carbocycles. The number of sulfonamides is 1. The number of aliphatic imine (C=N–C) groups is 1. The largest absolute Gasteiger partial charge is 0.250 e. The second kappa shape index (κ2) is 2.76. The Labute approximate surface area is 64.4 Å². The van der Waals surface area contributed by atoms with Gasteiger partial charge in [0.1, 0.15) is 11.6 Å². The standard InChI is InChI=1S/C4H9N3O3S/c1-3-6-4(7-10-3)2-11(5,8)9/h3H,2H2,1H3,(H,6,7)(H2,5,8,9). The van der Waals surface area contributed by atoms with Crippen LogP contribution in [0.15, 0.2) is 4.99 Å². The molecule has 6 nitrogen and oxygen atoms in total. The Morgan fingerprint density at radius 3 is 2.82 bits per heavy atom. The van der Waals surface area contributed by atoms with Gasteiger partial charge in [0.15, 0.2) is 6.23 Å². The molecule has 0 radical (unpaired) electrons. The lowest BCUT2D eigenvalue weighted by atomic mass is 10.6. The molecule has 0 fully saturated rings. The van der Waals surface area contributed by atoms with Crippen LogP contribution in [-0.2, 0) is 14.9 Å². The molecular weight excluding hydrogens is 170 g/mol. The van der Waals surface area contributed by atoms with E-state index in [2.05, 4.69) is 10.5 Å². The van der Waals surface area contributed by atoms with Gasteiger partial charge in [0.25, 0.3) is 0 Å². The number of hydrogen-bond acceptors (Lipinski definition) is 5. The van der Waals surface area contributed by atoms with Crippen LogP contribution >= 0.6 is 0 Å². The lowest BCUT2D eigenvalue weighted by molar-refractivity contribution is 0.0501. The van der Waals surface area contributed by atoms with Crippen LogP contribution in [0, 0.1) is 0 Å². The summed E-state index contributed by atoms with van der Waals surface area (Å²) in [7, 11) is -3.50. The molecule has 1 aliphatic rings. The third kappa shape index (κ3) is 2.83. The summed E-state index contributed by atoms with van der Waals surface area (Å²) in [4.78, 5) is 8.54. The van der Waals surface area contributed by atoms with Gasteiger partial charge >= 0.3 is 0 Å². The van der Waals surface area contributed by atoms with Gasteiger partial charge in [-0.15, -0.1) is 0 Å². The summed E-state index contributed by atoms with van der Waals surface area (Å²) in [6.45, 7) is 1.68. The fourth-order valence-electron chi connectivity index (χ4n) is 0.683. The second-order valence-corrected chi connectivity index (χ2v) is 3.82. The third-order valence-corrected chi connectivity index (χ3v) is 1.70. The molecule has 0 aromatic heterocycles. The highest BCUT2D eigenvalue weighted by atomic mass is 32.2. The molecule has 1 atom stereocenters. The Morgan fingerprint density at radius 2 is 2.45 bits per heavy atom. The molecule has 1 unspecified atom stereocenters. The van der Waals surface area contributed by atoms with Crippen LogP contribution in [0.25, 0.3) is 0 Å². The summed E-state index contributed by atoms with van der Waals surface area (Å²) in [6, 6.07) is 0. The Balaban J connectivity index is 2.59. The fraction of sp³-hybridized carbons (Fsp3) is 0.750. The molecule has 7 heteroatoms. The number of hydrogen-bond donors (Lipinski definition) is 2. The zero-order chi connectivity index (χ0) is 8.48. The Bertz CT molecular complexity index is 270. The van der Waals surface area contributed by atoms with Crippen molar-refractivity contribution in [2.45, 2.75) is 13.2 Å². The first kappa shape index (κ1) is 8.44. The van der Waals surface area contributed by atoms with Crippen molar-refractivity contribution in [3.05, 3.63) is 0 Å². The van der Waals surface area contributed by atoms with Crippen molar-refractivity contribution in [1.29, 1.82) is 0 Å². The molecule has 0 aromatic rings. The van der Waals surface area contributed by atoms with Gasteiger partial charge in [-0.3, -0.25) is 0 Å². The van der Waals surface area contributed by atoms with Gasteiger partial charge in [0, 0.05) is 0 Å². The van der Waals surface area contributed by atoms with E-state index in [1.807, 2.05) is 0 Å². The zero-order valence-corrected chi connectivity index (χ0v) is 6.76. The summed E-state index contributed by atoms with van der Waals surface area (Å²) < 4.78 is 21.0. The van der Waals surface area contributed by atoms with Crippen LogP contribution in [-0.4, -0.2) is 26.2 Å². The molecule has 0 spiro atoms. The van der Waals surface area contributed by atoms with Gasteiger partial charge in [0.05, 0.1) is 0 Å². The molecule has 0 aliphatic carbocycles. The van der Waals surface area contributed by atoms with Crippen molar-refractivity contribution in [2.75, 3.05) is 5.75 Å². The van der Waals surface area contributed by atoms with Crippen LogP contribution in [0.1, 0.15) is 6.92 Å². The predicted octanol–water partition coefficient (Wildman–Crippen LogP) is -1.45. The maximum absolute atomic E-state index is 10.5. The molecule has 0 saturated heterocycles. The minimum absolute atomic E-state index is 0.250. The van der Waals surface area contributed by atoms with Crippen LogP contribution in [0.5, 0.6) is 0 Å². The smallest absolute Gasteiger partial charge is 0.216 e. The average Bonchev–Trinajstić information content (AvgIpc) is 2.10. The molecule has 0 bridgehead atoms. The highest BCUT2D eigenvalue weighted by molar-refractivity contribution is 7.89. The van der Waals surface area contributed by atoms with Gasteiger partial charge < -0.3 is 0 Å². The Hall–Kier alpha value is -0.660. The summed E-state index contributed by atoms with van der Waals surface area (Å²) >= 11 is 0. The minimum atomic E-state index is -3.50. The van der Waals surface area contributed by atoms with E-state index in [-0.39, 0.29) is 17.8 Å².